The van der Waals surface area contributed by atoms with Crippen LogP contribution in [0.25, 0.3) is 0 Å². The van der Waals surface area contributed by atoms with Crippen LogP contribution in [0.15, 0.2) is 52.1 Å². The molecular weight excluding hydrogens is 322 g/mol. The van der Waals surface area contributed by atoms with E-state index in [-0.39, 0.29) is 18.6 Å². The molecule has 1 N–H and O–H groups in total. The Morgan fingerprint density at radius 1 is 1.08 bits per heavy atom. The van der Waals surface area contributed by atoms with E-state index in [1.807, 2.05) is 30.3 Å². The molecule has 1 amide bonds. The Morgan fingerprint density at radius 3 is 2.52 bits per heavy atom. The Balaban J connectivity index is 1.48. The summed E-state index contributed by atoms with van der Waals surface area (Å²) in [7, 11) is 0. The molecule has 0 bridgehead atoms. The maximum Gasteiger partial charge on any atom is 0.265 e. The van der Waals surface area contributed by atoms with E-state index < -0.39 is 11.1 Å². The number of hydrogen-bond donors (Lipinski definition) is 1. The Hall–Kier alpha value is -2.67. The molecular formula is C18H21N3O4. The summed E-state index contributed by atoms with van der Waals surface area (Å²) < 4.78 is 6.95. The van der Waals surface area contributed by atoms with E-state index in [0.29, 0.717) is 19.7 Å². The van der Waals surface area contributed by atoms with Gasteiger partial charge >= 0.3 is 0 Å². The molecule has 1 saturated heterocycles. The molecule has 3 rings (SSSR count). The zero-order valence-electron chi connectivity index (χ0n) is 13.9. The van der Waals surface area contributed by atoms with Gasteiger partial charge in [0, 0.05) is 25.2 Å². The highest BCUT2D eigenvalue weighted by atomic mass is 16.5. The van der Waals surface area contributed by atoms with Crippen LogP contribution in [-0.4, -0.2) is 39.8 Å². The maximum absolute atomic E-state index is 12.3. The highest BCUT2D eigenvalue weighted by Crippen LogP contribution is 2.16. The van der Waals surface area contributed by atoms with Gasteiger partial charge in [0.1, 0.15) is 6.54 Å². The molecule has 0 saturated carbocycles. The number of H-pyrrole nitrogens is 1. The van der Waals surface area contributed by atoms with Crippen LogP contribution < -0.4 is 11.1 Å². The summed E-state index contributed by atoms with van der Waals surface area (Å²) in [5.41, 5.74) is 0.336. The zero-order chi connectivity index (χ0) is 17.6. The molecule has 0 spiro atoms. The van der Waals surface area contributed by atoms with Crippen molar-refractivity contribution in [1.29, 1.82) is 0 Å². The number of piperidine rings is 1. The van der Waals surface area contributed by atoms with Crippen molar-refractivity contribution in [1.82, 2.24) is 14.7 Å². The summed E-state index contributed by atoms with van der Waals surface area (Å²) in [6.45, 7) is 1.60. The van der Waals surface area contributed by atoms with Gasteiger partial charge in [0.25, 0.3) is 11.1 Å². The summed E-state index contributed by atoms with van der Waals surface area (Å²) in [5.74, 6) is -0.176. The number of likely N-dealkylation sites (tertiary alicyclic amines) is 1. The number of aromatic amines is 1. The molecule has 7 nitrogen and oxygen atoms in total. The monoisotopic (exact) mass is 343 g/mol. The largest absolute Gasteiger partial charge is 0.373 e. The highest BCUT2D eigenvalue weighted by molar-refractivity contribution is 5.75. The summed E-state index contributed by atoms with van der Waals surface area (Å²) in [5, 5.41) is 2.37. The number of nitrogens with zero attached hydrogens (tertiary/aromatic N) is 2. The van der Waals surface area contributed by atoms with Gasteiger partial charge in [0.2, 0.25) is 5.91 Å². The number of aromatic nitrogens is 2. The lowest BCUT2D eigenvalue weighted by Crippen LogP contribution is -2.44. The minimum absolute atomic E-state index is 0.128. The van der Waals surface area contributed by atoms with Gasteiger partial charge in [-0.1, -0.05) is 30.3 Å². The molecule has 7 heteroatoms. The van der Waals surface area contributed by atoms with Crippen molar-refractivity contribution in [3.05, 3.63) is 68.7 Å². The van der Waals surface area contributed by atoms with Crippen LogP contribution in [0.5, 0.6) is 0 Å². The van der Waals surface area contributed by atoms with Crippen LogP contribution in [0.3, 0.4) is 0 Å². The predicted octanol–water partition coefficient (Wildman–Crippen LogP) is 0.744. The van der Waals surface area contributed by atoms with Crippen LogP contribution in [0, 0.1) is 0 Å². The fourth-order valence-electron chi connectivity index (χ4n) is 2.88. The van der Waals surface area contributed by atoms with E-state index in [2.05, 4.69) is 5.10 Å². The SMILES string of the molecule is O=C(Cn1[nH]c(=O)ccc1=O)N1CCC(OCc2ccccc2)CC1. The molecule has 1 fully saturated rings. The molecule has 1 aromatic heterocycles. The number of amides is 1. The van der Waals surface area contributed by atoms with Gasteiger partial charge < -0.3 is 9.64 Å². The lowest BCUT2D eigenvalue weighted by Gasteiger charge is -2.32. The first-order valence-electron chi connectivity index (χ1n) is 8.35. The molecule has 1 aliphatic heterocycles. The Morgan fingerprint density at radius 2 is 1.80 bits per heavy atom. The van der Waals surface area contributed by atoms with Crippen LogP contribution in [0.2, 0.25) is 0 Å². The molecule has 2 heterocycles. The van der Waals surface area contributed by atoms with E-state index >= 15 is 0 Å². The van der Waals surface area contributed by atoms with Gasteiger partial charge in [-0.05, 0) is 18.4 Å². The second kappa shape index (κ2) is 7.94. The van der Waals surface area contributed by atoms with Gasteiger partial charge in [-0.2, -0.15) is 0 Å². The average Bonchev–Trinajstić information content (AvgIpc) is 2.64. The van der Waals surface area contributed by atoms with Crippen LogP contribution >= 0.6 is 0 Å². The summed E-state index contributed by atoms with van der Waals surface area (Å²) in [4.78, 5) is 37.0. The summed E-state index contributed by atoms with van der Waals surface area (Å²) >= 11 is 0. The number of hydrogen-bond acceptors (Lipinski definition) is 4. The lowest BCUT2D eigenvalue weighted by molar-refractivity contribution is -0.134. The first-order chi connectivity index (χ1) is 12.1. The number of nitrogens with one attached hydrogen (secondary N) is 1. The van der Waals surface area contributed by atoms with Crippen LogP contribution in [-0.2, 0) is 22.7 Å². The highest BCUT2D eigenvalue weighted by Gasteiger charge is 2.23. The van der Waals surface area contributed by atoms with Gasteiger partial charge in [0.15, 0.2) is 0 Å². The third kappa shape index (κ3) is 4.67. The smallest absolute Gasteiger partial charge is 0.265 e. The Bertz CT molecular complexity index is 820. The molecule has 0 aliphatic carbocycles. The molecule has 1 aromatic carbocycles. The van der Waals surface area contributed by atoms with E-state index in [0.717, 1.165) is 35.2 Å². The molecule has 132 valence electrons. The molecule has 0 atom stereocenters. The standard InChI is InChI=1S/C18H21N3O4/c22-16-6-7-17(23)21(19-16)12-18(24)20-10-8-15(9-11-20)25-13-14-4-2-1-3-5-14/h1-7,15H,8-13H2,(H,19,22). The fraction of sp³-hybridized carbons (Fsp3) is 0.389. The molecule has 0 unspecified atom stereocenters. The summed E-state index contributed by atoms with van der Waals surface area (Å²) in [6, 6.07) is 12.3. The second-order valence-corrected chi connectivity index (χ2v) is 6.11. The quantitative estimate of drug-likeness (QED) is 0.868. The topological polar surface area (TPSA) is 84.4 Å². The van der Waals surface area contributed by atoms with E-state index in [1.165, 1.54) is 0 Å². The average molecular weight is 343 g/mol. The number of carbonyl (C=O) groups is 1. The van der Waals surface area contributed by atoms with E-state index in [4.69, 9.17) is 4.74 Å². The van der Waals surface area contributed by atoms with Crippen molar-refractivity contribution in [2.75, 3.05) is 13.1 Å². The van der Waals surface area contributed by atoms with Crippen molar-refractivity contribution in [2.45, 2.75) is 32.1 Å². The van der Waals surface area contributed by atoms with Crippen LogP contribution in [0.4, 0.5) is 0 Å². The van der Waals surface area contributed by atoms with Crippen molar-refractivity contribution in [3.63, 3.8) is 0 Å². The van der Waals surface area contributed by atoms with Crippen LogP contribution in [0.1, 0.15) is 18.4 Å². The minimum Gasteiger partial charge on any atom is -0.373 e. The van der Waals surface area contributed by atoms with Crippen molar-refractivity contribution < 1.29 is 9.53 Å². The third-order valence-corrected chi connectivity index (χ3v) is 4.31. The number of ether oxygens (including phenoxy) is 1. The van der Waals surface area contributed by atoms with E-state index in [9.17, 15) is 14.4 Å². The van der Waals surface area contributed by atoms with Gasteiger partial charge in [-0.3, -0.25) is 19.5 Å². The first kappa shape index (κ1) is 17.2. The van der Waals surface area contributed by atoms with Gasteiger partial charge in [-0.25, -0.2) is 4.68 Å². The number of benzene rings is 1. The van der Waals surface area contributed by atoms with Gasteiger partial charge in [-0.15, -0.1) is 0 Å². The van der Waals surface area contributed by atoms with Crippen molar-refractivity contribution >= 4 is 5.91 Å². The van der Waals surface area contributed by atoms with Crippen molar-refractivity contribution in [3.8, 4) is 0 Å². The Labute approximate surface area is 144 Å². The maximum atomic E-state index is 12.3. The molecule has 25 heavy (non-hydrogen) atoms. The second-order valence-electron chi connectivity index (χ2n) is 6.11. The lowest BCUT2D eigenvalue weighted by atomic mass is 10.1. The molecule has 2 aromatic rings. The molecule has 1 aliphatic rings. The van der Waals surface area contributed by atoms with Crippen molar-refractivity contribution in [2.24, 2.45) is 0 Å². The third-order valence-electron chi connectivity index (χ3n) is 4.31. The Kier molecular flexibility index (Phi) is 5.45. The predicted molar refractivity (Wildman–Crippen MR) is 92.2 cm³/mol. The fourth-order valence-corrected chi connectivity index (χ4v) is 2.88. The number of rotatable bonds is 5. The van der Waals surface area contributed by atoms with Gasteiger partial charge in [0.05, 0.1) is 12.7 Å². The molecule has 0 radical (unpaired) electrons. The first-order valence-corrected chi connectivity index (χ1v) is 8.35. The zero-order valence-corrected chi connectivity index (χ0v) is 13.9. The van der Waals surface area contributed by atoms with E-state index in [1.54, 1.807) is 4.90 Å². The minimum atomic E-state index is -0.402. The normalized spacial score (nSPS) is 15.3. The number of carbonyl (C=O) groups excluding carboxylic acids is 1. The summed E-state index contributed by atoms with van der Waals surface area (Å²) in [6.07, 6.45) is 1.65.